The third-order valence-electron chi connectivity index (χ3n) is 4.71. The van der Waals surface area contributed by atoms with Gasteiger partial charge in [-0.2, -0.15) is 0 Å². The molecule has 1 atom stereocenters. The Bertz CT molecular complexity index is 463. The van der Waals surface area contributed by atoms with Crippen LogP contribution < -0.4 is 10.6 Å². The van der Waals surface area contributed by atoms with Gasteiger partial charge in [-0.1, -0.05) is 12.5 Å². The normalized spacial score (nSPS) is 23.7. The van der Waals surface area contributed by atoms with Crippen molar-refractivity contribution in [1.29, 1.82) is 0 Å². The quantitative estimate of drug-likeness (QED) is 0.868. The largest absolute Gasteiger partial charge is 0.368 e. The van der Waals surface area contributed by atoms with Crippen molar-refractivity contribution < 1.29 is 0 Å². The van der Waals surface area contributed by atoms with Gasteiger partial charge in [0.15, 0.2) is 0 Å². The first-order valence-electron chi connectivity index (χ1n) is 7.68. The maximum absolute atomic E-state index is 6.02. The molecule has 110 valence electrons. The molecule has 0 spiro atoms. The summed E-state index contributed by atoms with van der Waals surface area (Å²) in [5, 5.41) is 0. The summed E-state index contributed by atoms with van der Waals surface area (Å²) in [6, 6.07) is 7.36. The van der Waals surface area contributed by atoms with Crippen LogP contribution in [-0.4, -0.2) is 43.4 Å². The molecule has 2 heterocycles. The van der Waals surface area contributed by atoms with Crippen LogP contribution >= 0.6 is 11.8 Å². The van der Waals surface area contributed by atoms with Gasteiger partial charge in [0.1, 0.15) is 0 Å². The van der Waals surface area contributed by atoms with Crippen LogP contribution in [0.15, 0.2) is 23.1 Å². The average molecular weight is 291 g/mol. The minimum Gasteiger partial charge on any atom is -0.368 e. The molecule has 0 bridgehead atoms. The highest BCUT2D eigenvalue weighted by Crippen LogP contribution is 2.32. The fourth-order valence-corrected chi connectivity index (χ4v) is 4.27. The Hall–Kier alpha value is -0.710. The summed E-state index contributed by atoms with van der Waals surface area (Å²) in [4.78, 5) is 6.57. The molecule has 0 radical (unpaired) electrons. The number of fused-ring (bicyclic) bond motifs is 1. The van der Waals surface area contributed by atoms with Crippen molar-refractivity contribution in [2.24, 2.45) is 5.73 Å². The Morgan fingerprint density at radius 2 is 2.15 bits per heavy atom. The molecule has 0 amide bonds. The van der Waals surface area contributed by atoms with Gasteiger partial charge in [0.25, 0.3) is 0 Å². The molecule has 3 nitrogen and oxygen atoms in total. The van der Waals surface area contributed by atoms with Gasteiger partial charge < -0.3 is 10.6 Å². The van der Waals surface area contributed by atoms with E-state index in [1.807, 2.05) is 0 Å². The summed E-state index contributed by atoms with van der Waals surface area (Å²) in [7, 11) is 0. The maximum Gasteiger partial charge on any atom is 0.0424 e. The Morgan fingerprint density at radius 1 is 1.25 bits per heavy atom. The Kier molecular flexibility index (Phi) is 4.54. The van der Waals surface area contributed by atoms with Crippen LogP contribution in [0.4, 0.5) is 5.69 Å². The van der Waals surface area contributed by atoms with Crippen LogP contribution in [0, 0.1) is 0 Å². The summed E-state index contributed by atoms with van der Waals surface area (Å²) < 4.78 is 0. The highest BCUT2D eigenvalue weighted by atomic mass is 32.2. The number of nitrogens with zero attached hydrogens (tertiary/aromatic N) is 2. The lowest BCUT2D eigenvalue weighted by molar-refractivity contribution is 0.133. The number of anilines is 1. The summed E-state index contributed by atoms with van der Waals surface area (Å²) in [6.45, 7) is 5.45. The second-order valence-electron chi connectivity index (χ2n) is 5.79. The molecule has 2 N–H and O–H groups in total. The van der Waals surface area contributed by atoms with Crippen molar-refractivity contribution in [3.8, 4) is 0 Å². The van der Waals surface area contributed by atoms with E-state index in [1.54, 1.807) is 11.8 Å². The molecule has 3 rings (SSSR count). The molecule has 20 heavy (non-hydrogen) atoms. The third-order valence-corrected chi connectivity index (χ3v) is 5.53. The van der Waals surface area contributed by atoms with Crippen molar-refractivity contribution in [2.75, 3.05) is 37.3 Å². The van der Waals surface area contributed by atoms with Crippen LogP contribution in [0.3, 0.4) is 0 Å². The zero-order valence-electron chi connectivity index (χ0n) is 12.3. The van der Waals surface area contributed by atoms with Crippen LogP contribution in [-0.2, 0) is 6.54 Å². The van der Waals surface area contributed by atoms with E-state index in [0.29, 0.717) is 6.54 Å². The molecule has 2 saturated heterocycles. The molecule has 4 heteroatoms. The monoisotopic (exact) mass is 291 g/mol. The predicted molar refractivity (Wildman–Crippen MR) is 87.5 cm³/mol. The van der Waals surface area contributed by atoms with Crippen LogP contribution in [0.25, 0.3) is 0 Å². The smallest absolute Gasteiger partial charge is 0.0424 e. The van der Waals surface area contributed by atoms with E-state index in [-0.39, 0.29) is 0 Å². The fourth-order valence-electron chi connectivity index (χ4n) is 3.62. The number of hydrogen-bond donors (Lipinski definition) is 1. The third kappa shape index (κ3) is 2.69. The summed E-state index contributed by atoms with van der Waals surface area (Å²) in [6.07, 6.45) is 6.27. The summed E-state index contributed by atoms with van der Waals surface area (Å²) in [5.74, 6) is 0. The minimum absolute atomic E-state index is 0.636. The molecule has 0 aromatic heterocycles. The number of piperidine rings is 1. The first kappa shape index (κ1) is 14.2. The minimum atomic E-state index is 0.636. The van der Waals surface area contributed by atoms with Gasteiger partial charge in [-0.25, -0.2) is 0 Å². The van der Waals surface area contributed by atoms with Crippen LogP contribution in [0.2, 0.25) is 0 Å². The topological polar surface area (TPSA) is 32.5 Å². The number of rotatable bonds is 3. The van der Waals surface area contributed by atoms with Crippen molar-refractivity contribution in [2.45, 2.75) is 36.7 Å². The van der Waals surface area contributed by atoms with Crippen molar-refractivity contribution in [3.05, 3.63) is 23.8 Å². The average Bonchev–Trinajstić information content (AvgIpc) is 2.53. The van der Waals surface area contributed by atoms with Crippen LogP contribution in [0.1, 0.15) is 24.8 Å². The molecule has 0 aliphatic carbocycles. The van der Waals surface area contributed by atoms with E-state index in [2.05, 4.69) is 34.3 Å². The van der Waals surface area contributed by atoms with Crippen LogP contribution in [0.5, 0.6) is 0 Å². The Balaban J connectivity index is 1.82. The van der Waals surface area contributed by atoms with E-state index in [1.165, 1.54) is 55.0 Å². The lowest BCUT2D eigenvalue weighted by Gasteiger charge is -2.45. The first-order chi connectivity index (χ1) is 9.83. The fraction of sp³-hybridized carbons (Fsp3) is 0.625. The first-order valence-corrected chi connectivity index (χ1v) is 8.91. The van der Waals surface area contributed by atoms with Gasteiger partial charge >= 0.3 is 0 Å². The number of piperazine rings is 1. The molecule has 2 fully saturated rings. The van der Waals surface area contributed by atoms with E-state index in [4.69, 9.17) is 5.73 Å². The van der Waals surface area contributed by atoms with E-state index < -0.39 is 0 Å². The van der Waals surface area contributed by atoms with Gasteiger partial charge in [-0.15, -0.1) is 11.8 Å². The molecular formula is C16H25N3S. The van der Waals surface area contributed by atoms with Gasteiger partial charge in [-0.05, 0) is 37.8 Å². The molecular weight excluding hydrogens is 266 g/mol. The lowest BCUT2D eigenvalue weighted by Crippen LogP contribution is -2.55. The second kappa shape index (κ2) is 6.37. The van der Waals surface area contributed by atoms with Crippen molar-refractivity contribution in [3.63, 3.8) is 0 Å². The highest BCUT2D eigenvalue weighted by molar-refractivity contribution is 7.98. The molecule has 2 aliphatic heterocycles. The Morgan fingerprint density at radius 3 is 2.95 bits per heavy atom. The zero-order chi connectivity index (χ0) is 13.9. The standard InChI is InChI=1S/C16H25N3S/c1-20-16-7-4-6-15(14(16)11-17)19-10-9-18-8-3-2-5-13(18)12-19/h4,6-7,13H,2-3,5,8-12,17H2,1H3. The number of thioether (sulfide) groups is 1. The Labute approximate surface area is 126 Å². The second-order valence-corrected chi connectivity index (χ2v) is 6.64. The van der Waals surface area contributed by atoms with E-state index in [0.717, 1.165) is 12.6 Å². The zero-order valence-corrected chi connectivity index (χ0v) is 13.2. The van der Waals surface area contributed by atoms with Crippen molar-refractivity contribution in [1.82, 2.24) is 4.90 Å². The highest BCUT2D eigenvalue weighted by Gasteiger charge is 2.29. The van der Waals surface area contributed by atoms with Gasteiger partial charge in [0.2, 0.25) is 0 Å². The van der Waals surface area contributed by atoms with E-state index >= 15 is 0 Å². The molecule has 1 aromatic carbocycles. The lowest BCUT2D eigenvalue weighted by atomic mass is 9.98. The van der Waals surface area contributed by atoms with Gasteiger partial charge in [0.05, 0.1) is 0 Å². The molecule has 1 unspecified atom stereocenters. The van der Waals surface area contributed by atoms with Gasteiger partial charge in [-0.3, -0.25) is 4.90 Å². The maximum atomic E-state index is 6.02. The summed E-state index contributed by atoms with van der Waals surface area (Å²) in [5.41, 5.74) is 8.70. The van der Waals surface area contributed by atoms with E-state index in [9.17, 15) is 0 Å². The number of nitrogens with two attached hydrogens (primary N) is 1. The SMILES string of the molecule is CSc1cccc(N2CCN3CCCCC3C2)c1CN. The molecule has 1 aromatic rings. The number of hydrogen-bond acceptors (Lipinski definition) is 4. The molecule has 2 aliphatic rings. The molecule has 0 saturated carbocycles. The summed E-state index contributed by atoms with van der Waals surface area (Å²) >= 11 is 1.80. The number of benzene rings is 1. The van der Waals surface area contributed by atoms with Gasteiger partial charge in [0, 0.05) is 48.4 Å². The predicted octanol–water partition coefficient (Wildman–Crippen LogP) is 2.54. The van der Waals surface area contributed by atoms with Crippen molar-refractivity contribution >= 4 is 17.4 Å².